The lowest BCUT2D eigenvalue weighted by Crippen LogP contribution is -2.33. The average Bonchev–Trinajstić information content (AvgIpc) is 2.44. The van der Waals surface area contributed by atoms with Crippen molar-refractivity contribution in [3.05, 3.63) is 48.2 Å². The molecule has 0 radical (unpaired) electrons. The first-order chi connectivity index (χ1) is 10.9. The number of hydrogen-bond acceptors (Lipinski definition) is 2. The molecule has 0 aromatic rings. The minimum atomic E-state index is -0.838. The Morgan fingerprint density at radius 1 is 1.17 bits per heavy atom. The maximum Gasteiger partial charge on any atom is 0.0834 e. The predicted molar refractivity (Wildman–Crippen MR) is 109 cm³/mol. The Balaban J connectivity index is 5.14. The number of aliphatic hydroxyl groups is 1. The molecule has 2 nitrogen and oxygen atoms in total. The summed E-state index contributed by atoms with van der Waals surface area (Å²) in [5, 5.41) is 10.9. The second-order valence-electron chi connectivity index (χ2n) is 7.77. The lowest BCUT2D eigenvalue weighted by molar-refractivity contribution is 0.0444. The summed E-state index contributed by atoms with van der Waals surface area (Å²) < 4.78 is 0. The van der Waals surface area contributed by atoms with Crippen molar-refractivity contribution < 1.29 is 5.11 Å². The van der Waals surface area contributed by atoms with E-state index in [2.05, 4.69) is 38.9 Å². The molecule has 0 amide bonds. The Bertz CT molecular complexity index is 530. The van der Waals surface area contributed by atoms with Crippen LogP contribution in [0.5, 0.6) is 0 Å². The van der Waals surface area contributed by atoms with Crippen LogP contribution in [-0.2, 0) is 0 Å². The molecule has 2 heteroatoms. The van der Waals surface area contributed by atoms with E-state index >= 15 is 0 Å². The fraction of sp³-hybridized carbons (Fsp3) is 0.591. The highest BCUT2D eigenvalue weighted by Gasteiger charge is 2.31. The van der Waals surface area contributed by atoms with Gasteiger partial charge < -0.3 is 5.11 Å². The average molecular weight is 332 g/mol. The molecule has 0 aliphatic rings. The van der Waals surface area contributed by atoms with Gasteiger partial charge in [0.2, 0.25) is 0 Å². The predicted octanol–water partition coefficient (Wildman–Crippen LogP) is 6.40. The van der Waals surface area contributed by atoms with Crippen molar-refractivity contribution >= 4 is 5.71 Å². The zero-order valence-corrected chi connectivity index (χ0v) is 16.9. The van der Waals surface area contributed by atoms with Gasteiger partial charge in [-0.05, 0) is 63.2 Å². The molecule has 24 heavy (non-hydrogen) atoms. The van der Waals surface area contributed by atoms with Gasteiger partial charge in [0.25, 0.3) is 0 Å². The highest BCUT2D eigenvalue weighted by atomic mass is 16.3. The third-order valence-corrected chi connectivity index (χ3v) is 4.35. The van der Waals surface area contributed by atoms with Crippen molar-refractivity contribution in [1.82, 2.24) is 0 Å². The lowest BCUT2D eigenvalue weighted by atomic mass is 9.75. The van der Waals surface area contributed by atoms with E-state index in [-0.39, 0.29) is 5.41 Å². The van der Waals surface area contributed by atoms with Crippen LogP contribution in [0.15, 0.2) is 53.2 Å². The second kappa shape index (κ2) is 9.78. The molecule has 0 aromatic carbocycles. The number of aliphatic imine (C=N–C) groups is 1. The molecule has 1 atom stereocenters. The smallest absolute Gasteiger partial charge is 0.0834 e. The molecule has 0 fully saturated rings. The number of nitrogens with zero attached hydrogens (tertiary/aromatic N) is 1. The normalized spacial score (nSPS) is 16.3. The van der Waals surface area contributed by atoms with Crippen LogP contribution in [0, 0.1) is 5.41 Å². The van der Waals surface area contributed by atoms with Crippen LogP contribution in [0.2, 0.25) is 0 Å². The van der Waals surface area contributed by atoms with Gasteiger partial charge in [-0.25, -0.2) is 0 Å². The fourth-order valence-corrected chi connectivity index (χ4v) is 2.90. The van der Waals surface area contributed by atoms with E-state index in [4.69, 9.17) is 0 Å². The topological polar surface area (TPSA) is 32.6 Å². The van der Waals surface area contributed by atoms with E-state index in [0.717, 1.165) is 29.7 Å². The zero-order valence-electron chi connectivity index (χ0n) is 16.9. The summed E-state index contributed by atoms with van der Waals surface area (Å²) in [7, 11) is 0. The van der Waals surface area contributed by atoms with Crippen molar-refractivity contribution in [2.75, 3.05) is 0 Å². The van der Waals surface area contributed by atoms with Crippen LogP contribution in [0.4, 0.5) is 0 Å². The standard InChI is InChI=1S/C22H37NO/c1-10-12-14-21(7,8)16-22(9,24)18(4)15-19(5)23-20(6)17(3)13-11-2/h11,13,15,24H,3,6,10,12,14,16H2,1-2,4-5,7-9H3/b13-11?,18-15+,23-19?. The van der Waals surface area contributed by atoms with Gasteiger partial charge in [0, 0.05) is 5.71 Å². The summed E-state index contributed by atoms with van der Waals surface area (Å²) >= 11 is 0. The molecule has 0 rings (SSSR count). The van der Waals surface area contributed by atoms with E-state index in [0.29, 0.717) is 5.70 Å². The minimum absolute atomic E-state index is 0.115. The maximum atomic E-state index is 10.9. The molecular formula is C22H37NO. The molecule has 0 saturated heterocycles. The maximum absolute atomic E-state index is 10.9. The van der Waals surface area contributed by atoms with Gasteiger partial charge in [0.05, 0.1) is 11.3 Å². The van der Waals surface area contributed by atoms with Gasteiger partial charge in [-0.3, -0.25) is 4.99 Å². The Labute approximate surface area is 149 Å². The molecule has 0 aliphatic carbocycles. The monoisotopic (exact) mass is 331 g/mol. The van der Waals surface area contributed by atoms with Crippen LogP contribution < -0.4 is 0 Å². The number of allylic oxidation sites excluding steroid dienone is 3. The zero-order chi connectivity index (χ0) is 19.0. The van der Waals surface area contributed by atoms with Crippen molar-refractivity contribution in [1.29, 1.82) is 0 Å². The van der Waals surface area contributed by atoms with Crippen LogP contribution >= 0.6 is 0 Å². The van der Waals surface area contributed by atoms with Gasteiger partial charge in [0.1, 0.15) is 0 Å². The molecule has 0 spiro atoms. The number of rotatable bonds is 10. The SMILES string of the molecule is C=C(C=CC)C(=C)N=C(C)/C=C(\C)C(C)(O)CC(C)(C)CCCC. The fourth-order valence-electron chi connectivity index (χ4n) is 2.90. The first-order valence-corrected chi connectivity index (χ1v) is 8.92. The first-order valence-electron chi connectivity index (χ1n) is 8.92. The van der Waals surface area contributed by atoms with Crippen LogP contribution in [0.3, 0.4) is 0 Å². The molecule has 136 valence electrons. The van der Waals surface area contributed by atoms with Gasteiger partial charge in [-0.2, -0.15) is 0 Å². The molecule has 0 bridgehead atoms. The Kier molecular flexibility index (Phi) is 9.21. The van der Waals surface area contributed by atoms with E-state index in [1.54, 1.807) is 0 Å². The molecular weight excluding hydrogens is 294 g/mol. The van der Waals surface area contributed by atoms with Crippen molar-refractivity contribution in [2.24, 2.45) is 10.4 Å². The van der Waals surface area contributed by atoms with Gasteiger partial charge in [0.15, 0.2) is 0 Å². The summed E-state index contributed by atoms with van der Waals surface area (Å²) in [6.07, 6.45) is 10.0. The summed E-state index contributed by atoms with van der Waals surface area (Å²) in [5.41, 5.74) is 2.49. The molecule has 0 aliphatic heterocycles. The summed E-state index contributed by atoms with van der Waals surface area (Å²) in [6.45, 7) is 22.3. The van der Waals surface area contributed by atoms with E-state index in [9.17, 15) is 5.11 Å². The molecule has 1 unspecified atom stereocenters. The quantitative estimate of drug-likeness (QED) is 0.365. The largest absolute Gasteiger partial charge is 0.386 e. The third-order valence-electron chi connectivity index (χ3n) is 4.35. The first kappa shape index (κ1) is 22.6. The van der Waals surface area contributed by atoms with Crippen LogP contribution in [0.1, 0.15) is 74.1 Å². The highest BCUT2D eigenvalue weighted by Crippen LogP contribution is 2.36. The van der Waals surface area contributed by atoms with Gasteiger partial charge in [-0.15, -0.1) is 0 Å². The molecule has 0 aromatic heterocycles. The molecule has 1 N–H and O–H groups in total. The van der Waals surface area contributed by atoms with Crippen molar-refractivity contribution in [2.45, 2.75) is 79.8 Å². The Hall–Kier alpha value is -1.41. The van der Waals surface area contributed by atoms with Crippen molar-refractivity contribution in [3.8, 4) is 0 Å². The number of unbranched alkanes of at least 4 members (excludes halogenated alkanes) is 1. The lowest BCUT2D eigenvalue weighted by Gasteiger charge is -2.35. The van der Waals surface area contributed by atoms with E-state index in [1.165, 1.54) is 12.8 Å². The van der Waals surface area contributed by atoms with Crippen LogP contribution in [0.25, 0.3) is 0 Å². The highest BCUT2D eigenvalue weighted by molar-refractivity contribution is 5.94. The summed E-state index contributed by atoms with van der Waals surface area (Å²) in [6, 6.07) is 0. The Morgan fingerprint density at radius 3 is 2.25 bits per heavy atom. The van der Waals surface area contributed by atoms with E-state index in [1.807, 2.05) is 45.9 Å². The molecule has 0 saturated carbocycles. The third kappa shape index (κ3) is 8.44. The number of hydrogen-bond donors (Lipinski definition) is 1. The Morgan fingerprint density at radius 2 is 1.75 bits per heavy atom. The van der Waals surface area contributed by atoms with Gasteiger partial charge in [-0.1, -0.05) is 58.9 Å². The van der Waals surface area contributed by atoms with Crippen LogP contribution in [-0.4, -0.2) is 16.4 Å². The molecule has 0 heterocycles. The van der Waals surface area contributed by atoms with E-state index < -0.39 is 5.60 Å². The summed E-state index contributed by atoms with van der Waals surface area (Å²) in [5.74, 6) is 0. The second-order valence-corrected chi connectivity index (χ2v) is 7.77. The summed E-state index contributed by atoms with van der Waals surface area (Å²) in [4.78, 5) is 4.48. The van der Waals surface area contributed by atoms with Gasteiger partial charge >= 0.3 is 0 Å². The minimum Gasteiger partial charge on any atom is -0.386 e. The van der Waals surface area contributed by atoms with Crippen molar-refractivity contribution in [3.63, 3.8) is 0 Å².